The monoisotopic (exact) mass is 355 g/mol. The summed E-state index contributed by atoms with van der Waals surface area (Å²) in [6.07, 6.45) is 5.64. The van der Waals surface area contributed by atoms with E-state index in [4.69, 9.17) is 11.6 Å². The van der Waals surface area contributed by atoms with Gasteiger partial charge in [-0.05, 0) is 37.5 Å². The van der Waals surface area contributed by atoms with Crippen molar-refractivity contribution in [3.05, 3.63) is 22.8 Å². The molecule has 0 aliphatic carbocycles. The quantitative estimate of drug-likeness (QED) is 0.869. The van der Waals surface area contributed by atoms with Crippen LogP contribution in [-0.4, -0.2) is 57.6 Å². The molecule has 2 fully saturated rings. The minimum Gasteiger partial charge on any atom is -0.387 e. The number of anilines is 1. The number of pyridine rings is 1. The number of rotatable bonds is 4. The molecule has 0 spiro atoms. The molecular formula is C16H22ClN3O2S. The number of aliphatic hydroxyl groups is 1. The number of hydrogen-bond acceptors (Lipinski definition) is 5. The zero-order valence-corrected chi connectivity index (χ0v) is 14.6. The average Bonchev–Trinajstić information content (AvgIpc) is 3.01. The zero-order chi connectivity index (χ0) is 16.3. The summed E-state index contributed by atoms with van der Waals surface area (Å²) < 4.78 is 0. The smallest absolute Gasteiger partial charge is 0.255 e. The van der Waals surface area contributed by atoms with Crippen LogP contribution >= 0.6 is 23.4 Å². The summed E-state index contributed by atoms with van der Waals surface area (Å²) in [5, 5.41) is 13.9. The highest BCUT2D eigenvalue weighted by atomic mass is 35.5. The Morgan fingerprint density at radius 2 is 2.22 bits per heavy atom. The van der Waals surface area contributed by atoms with E-state index in [0.717, 1.165) is 43.9 Å². The van der Waals surface area contributed by atoms with Crippen LogP contribution in [0.25, 0.3) is 0 Å². The molecule has 0 radical (unpaired) electrons. The SMILES string of the molecule is O=C(c1cnc(NCC2(O)CCSC2)c(Cl)c1)N1CCCCC1. The standard InChI is InChI=1S/C16H22ClN3O2S/c17-13-8-12(15(21)20-5-2-1-3-6-20)9-18-14(13)19-10-16(22)4-7-23-11-16/h8-9,22H,1-7,10-11H2,(H,18,19). The van der Waals surface area contributed by atoms with Crippen molar-refractivity contribution in [2.75, 3.05) is 36.5 Å². The van der Waals surface area contributed by atoms with Crippen molar-refractivity contribution in [1.29, 1.82) is 0 Å². The third kappa shape index (κ3) is 4.11. The Hall–Kier alpha value is -0.980. The number of amides is 1. The topological polar surface area (TPSA) is 65.5 Å². The first-order valence-electron chi connectivity index (χ1n) is 8.06. The van der Waals surface area contributed by atoms with E-state index < -0.39 is 5.60 Å². The third-order valence-electron chi connectivity index (χ3n) is 4.40. The van der Waals surface area contributed by atoms with E-state index in [-0.39, 0.29) is 5.91 Å². The lowest BCUT2D eigenvalue weighted by atomic mass is 10.0. The van der Waals surface area contributed by atoms with E-state index in [2.05, 4.69) is 10.3 Å². The van der Waals surface area contributed by atoms with Crippen molar-refractivity contribution >= 4 is 35.1 Å². The number of piperidine rings is 1. The lowest BCUT2D eigenvalue weighted by Crippen LogP contribution is -2.37. The van der Waals surface area contributed by atoms with E-state index in [0.29, 0.717) is 22.9 Å². The molecule has 1 atom stereocenters. The van der Waals surface area contributed by atoms with Crippen molar-refractivity contribution in [3.63, 3.8) is 0 Å². The first-order chi connectivity index (χ1) is 11.1. The number of nitrogens with zero attached hydrogens (tertiary/aromatic N) is 2. The number of carbonyl (C=O) groups excluding carboxylic acids is 1. The molecule has 2 aliphatic heterocycles. The maximum atomic E-state index is 12.4. The molecule has 3 heterocycles. The molecule has 0 saturated carbocycles. The van der Waals surface area contributed by atoms with Gasteiger partial charge >= 0.3 is 0 Å². The van der Waals surface area contributed by atoms with Crippen molar-refractivity contribution in [1.82, 2.24) is 9.88 Å². The third-order valence-corrected chi connectivity index (χ3v) is 5.92. The molecular weight excluding hydrogens is 334 g/mol. The minimum absolute atomic E-state index is 0.00327. The molecule has 23 heavy (non-hydrogen) atoms. The lowest BCUT2D eigenvalue weighted by molar-refractivity contribution is 0.0723. The van der Waals surface area contributed by atoms with Crippen molar-refractivity contribution in [3.8, 4) is 0 Å². The van der Waals surface area contributed by atoms with Gasteiger partial charge < -0.3 is 15.3 Å². The molecule has 2 aliphatic rings. The number of nitrogens with one attached hydrogen (secondary N) is 1. The summed E-state index contributed by atoms with van der Waals surface area (Å²) in [7, 11) is 0. The van der Waals surface area contributed by atoms with E-state index >= 15 is 0 Å². The molecule has 5 nitrogen and oxygen atoms in total. The van der Waals surface area contributed by atoms with E-state index in [1.54, 1.807) is 24.0 Å². The Labute approximate surface area is 145 Å². The summed E-state index contributed by atoms with van der Waals surface area (Å²) in [6, 6.07) is 1.67. The highest BCUT2D eigenvalue weighted by molar-refractivity contribution is 7.99. The second kappa shape index (κ2) is 7.28. The molecule has 0 bridgehead atoms. The van der Waals surface area contributed by atoms with Crippen molar-refractivity contribution < 1.29 is 9.90 Å². The summed E-state index contributed by atoms with van der Waals surface area (Å²) in [5.74, 6) is 2.22. The number of thioether (sulfide) groups is 1. The van der Waals surface area contributed by atoms with Crippen molar-refractivity contribution in [2.45, 2.75) is 31.3 Å². The molecule has 3 rings (SSSR count). The van der Waals surface area contributed by atoms with Gasteiger partial charge in [0.15, 0.2) is 0 Å². The van der Waals surface area contributed by atoms with Crippen LogP contribution in [0.2, 0.25) is 5.02 Å². The fourth-order valence-electron chi connectivity index (χ4n) is 2.95. The summed E-state index contributed by atoms with van der Waals surface area (Å²) >= 11 is 8.01. The van der Waals surface area contributed by atoms with Gasteiger partial charge in [-0.1, -0.05) is 11.6 Å². The predicted molar refractivity (Wildman–Crippen MR) is 94.4 cm³/mol. The fraction of sp³-hybridized carbons (Fsp3) is 0.625. The molecule has 1 aromatic heterocycles. The first kappa shape index (κ1) is 16.9. The molecule has 0 aromatic carbocycles. The summed E-state index contributed by atoms with van der Waals surface area (Å²) in [5.41, 5.74) is -0.171. The molecule has 2 saturated heterocycles. The van der Waals surface area contributed by atoms with Crippen LogP contribution in [0.3, 0.4) is 0 Å². The molecule has 126 valence electrons. The van der Waals surface area contributed by atoms with Crippen LogP contribution in [0.1, 0.15) is 36.0 Å². The van der Waals surface area contributed by atoms with E-state index in [9.17, 15) is 9.90 Å². The van der Waals surface area contributed by atoms with Gasteiger partial charge in [0.25, 0.3) is 5.91 Å². The van der Waals surface area contributed by atoms with Gasteiger partial charge in [0.1, 0.15) is 5.82 Å². The second-order valence-corrected chi connectivity index (χ2v) is 7.80. The highest BCUT2D eigenvalue weighted by Gasteiger charge is 2.31. The minimum atomic E-state index is -0.696. The number of halogens is 1. The molecule has 1 amide bonds. The van der Waals surface area contributed by atoms with Gasteiger partial charge in [-0.25, -0.2) is 4.98 Å². The largest absolute Gasteiger partial charge is 0.387 e. The Bertz CT molecular complexity index is 572. The van der Waals surface area contributed by atoms with Crippen LogP contribution in [-0.2, 0) is 0 Å². The lowest BCUT2D eigenvalue weighted by Gasteiger charge is -2.27. The Morgan fingerprint density at radius 3 is 2.87 bits per heavy atom. The molecule has 7 heteroatoms. The zero-order valence-electron chi connectivity index (χ0n) is 13.1. The van der Waals surface area contributed by atoms with E-state index in [1.165, 1.54) is 6.42 Å². The molecule has 1 unspecified atom stereocenters. The first-order valence-corrected chi connectivity index (χ1v) is 9.59. The number of hydrogen-bond donors (Lipinski definition) is 2. The Morgan fingerprint density at radius 1 is 1.43 bits per heavy atom. The summed E-state index contributed by atoms with van der Waals surface area (Å²) in [6.45, 7) is 2.04. The maximum absolute atomic E-state index is 12.4. The van der Waals surface area contributed by atoms with Gasteiger partial charge in [-0.15, -0.1) is 0 Å². The van der Waals surface area contributed by atoms with Gasteiger partial charge in [-0.2, -0.15) is 11.8 Å². The van der Waals surface area contributed by atoms with Crippen LogP contribution in [0, 0.1) is 0 Å². The fourth-order valence-corrected chi connectivity index (χ4v) is 4.48. The van der Waals surface area contributed by atoms with Crippen LogP contribution < -0.4 is 5.32 Å². The van der Waals surface area contributed by atoms with Crippen molar-refractivity contribution in [2.24, 2.45) is 0 Å². The summed E-state index contributed by atoms with van der Waals surface area (Å²) in [4.78, 5) is 18.6. The van der Waals surface area contributed by atoms with Gasteiger partial charge in [0, 0.05) is 31.6 Å². The van der Waals surface area contributed by atoms with Gasteiger partial charge in [0.2, 0.25) is 0 Å². The van der Waals surface area contributed by atoms with Crippen LogP contribution in [0.15, 0.2) is 12.3 Å². The van der Waals surface area contributed by atoms with Gasteiger partial charge in [0.05, 0.1) is 16.2 Å². The Kier molecular flexibility index (Phi) is 5.34. The second-order valence-electron chi connectivity index (χ2n) is 6.29. The number of likely N-dealkylation sites (tertiary alicyclic amines) is 1. The highest BCUT2D eigenvalue weighted by Crippen LogP contribution is 2.29. The van der Waals surface area contributed by atoms with Crippen LogP contribution in [0.5, 0.6) is 0 Å². The molecule has 1 aromatic rings. The molecule has 2 N–H and O–H groups in total. The maximum Gasteiger partial charge on any atom is 0.255 e. The van der Waals surface area contributed by atoms with Gasteiger partial charge in [-0.3, -0.25) is 4.79 Å². The predicted octanol–water partition coefficient (Wildman–Crippen LogP) is 2.64. The normalized spacial score (nSPS) is 24.7. The Balaban J connectivity index is 1.64. The van der Waals surface area contributed by atoms with Crippen LogP contribution in [0.4, 0.5) is 5.82 Å². The number of aromatic nitrogens is 1. The average molecular weight is 356 g/mol. The van der Waals surface area contributed by atoms with E-state index in [1.807, 2.05) is 4.90 Å². The number of carbonyl (C=O) groups is 1.